The van der Waals surface area contributed by atoms with Crippen molar-refractivity contribution in [3.63, 3.8) is 0 Å². The monoisotopic (exact) mass is 180 g/mol. The third kappa shape index (κ3) is 3.38. The maximum Gasteiger partial charge on any atom is 0.0575 e. The first-order valence-corrected chi connectivity index (χ1v) is 5.07. The molecule has 0 saturated heterocycles. The molecule has 1 aliphatic rings. The Balaban J connectivity index is 2.19. The van der Waals surface area contributed by atoms with Crippen molar-refractivity contribution in [1.82, 2.24) is 10.2 Å². The molecule has 1 N–H and O–H groups in total. The van der Waals surface area contributed by atoms with E-state index in [9.17, 15) is 0 Å². The summed E-state index contributed by atoms with van der Waals surface area (Å²) in [6, 6.07) is 1.44. The molecule has 0 unspecified atom stereocenters. The summed E-state index contributed by atoms with van der Waals surface area (Å²) < 4.78 is 0. The van der Waals surface area contributed by atoms with Crippen LogP contribution >= 0.6 is 0 Å². The molecule has 0 aromatic heterocycles. The van der Waals surface area contributed by atoms with Gasteiger partial charge < -0.3 is 10.2 Å². The van der Waals surface area contributed by atoms with Crippen LogP contribution in [0.3, 0.4) is 0 Å². The lowest BCUT2D eigenvalue weighted by atomic mass is 9.90. The summed E-state index contributed by atoms with van der Waals surface area (Å²) in [6.07, 6.45) is 10.3. The summed E-state index contributed by atoms with van der Waals surface area (Å²) in [6.45, 7) is 0.720. The summed E-state index contributed by atoms with van der Waals surface area (Å²) in [5.74, 6) is 2.63. The average Bonchev–Trinajstić information content (AvgIpc) is 2.15. The molecule has 0 aliphatic heterocycles. The molecule has 1 saturated carbocycles. The lowest BCUT2D eigenvalue weighted by Crippen LogP contribution is -2.39. The molecule has 13 heavy (non-hydrogen) atoms. The van der Waals surface area contributed by atoms with Gasteiger partial charge in [0.2, 0.25) is 0 Å². The number of nitrogens with one attached hydrogen (secondary N) is 1. The van der Waals surface area contributed by atoms with Crippen LogP contribution in [0.1, 0.15) is 25.7 Å². The van der Waals surface area contributed by atoms with Crippen molar-refractivity contribution >= 4 is 0 Å². The van der Waals surface area contributed by atoms with Crippen LogP contribution in [0.4, 0.5) is 0 Å². The zero-order valence-corrected chi connectivity index (χ0v) is 8.71. The first kappa shape index (κ1) is 10.6. The minimum absolute atomic E-state index is 0.659. The van der Waals surface area contributed by atoms with Gasteiger partial charge in [0.1, 0.15) is 0 Å². The third-order valence-corrected chi connectivity index (χ3v) is 2.92. The molecule has 0 bridgehead atoms. The molecule has 2 nitrogen and oxygen atoms in total. The molecule has 0 amide bonds. The van der Waals surface area contributed by atoms with Crippen LogP contribution in [0, 0.1) is 12.3 Å². The summed E-state index contributed by atoms with van der Waals surface area (Å²) in [4.78, 5) is 2.33. The summed E-state index contributed by atoms with van der Waals surface area (Å²) >= 11 is 0. The van der Waals surface area contributed by atoms with Crippen LogP contribution in [-0.2, 0) is 0 Å². The second kappa shape index (κ2) is 5.26. The van der Waals surface area contributed by atoms with E-state index in [0.717, 1.165) is 12.6 Å². The number of rotatable bonds is 3. The van der Waals surface area contributed by atoms with E-state index in [1.54, 1.807) is 0 Å². The first-order valence-electron chi connectivity index (χ1n) is 5.07. The smallest absolute Gasteiger partial charge is 0.0575 e. The molecule has 0 heterocycles. The van der Waals surface area contributed by atoms with Gasteiger partial charge in [-0.15, -0.1) is 6.42 Å². The van der Waals surface area contributed by atoms with Crippen LogP contribution < -0.4 is 5.32 Å². The molecule has 1 aliphatic carbocycles. The Morgan fingerprint density at radius 3 is 2.38 bits per heavy atom. The van der Waals surface area contributed by atoms with Crippen LogP contribution in [0.2, 0.25) is 0 Å². The SMILES string of the molecule is C#CCNC1CCC(N(C)C)CC1. The number of terminal acetylenes is 1. The van der Waals surface area contributed by atoms with Crippen molar-refractivity contribution in [2.24, 2.45) is 0 Å². The normalized spacial score (nSPS) is 28.8. The van der Waals surface area contributed by atoms with Crippen LogP contribution in [-0.4, -0.2) is 37.6 Å². The van der Waals surface area contributed by atoms with Gasteiger partial charge in [0.25, 0.3) is 0 Å². The fraction of sp³-hybridized carbons (Fsp3) is 0.818. The van der Waals surface area contributed by atoms with E-state index in [4.69, 9.17) is 6.42 Å². The minimum atomic E-state index is 0.659. The Kier molecular flexibility index (Phi) is 4.27. The Bertz CT molecular complexity index is 173. The van der Waals surface area contributed by atoms with Gasteiger partial charge in [-0.1, -0.05) is 5.92 Å². The van der Waals surface area contributed by atoms with Gasteiger partial charge in [0.15, 0.2) is 0 Å². The quantitative estimate of drug-likeness (QED) is 0.654. The molecule has 0 spiro atoms. The fourth-order valence-corrected chi connectivity index (χ4v) is 2.00. The predicted molar refractivity (Wildman–Crippen MR) is 56.6 cm³/mol. The largest absolute Gasteiger partial charge is 0.306 e. The highest BCUT2D eigenvalue weighted by Crippen LogP contribution is 2.21. The van der Waals surface area contributed by atoms with Gasteiger partial charge in [0.05, 0.1) is 6.54 Å². The molecule has 0 aromatic carbocycles. The van der Waals surface area contributed by atoms with E-state index in [-0.39, 0.29) is 0 Å². The summed E-state index contributed by atoms with van der Waals surface area (Å²) in [7, 11) is 4.33. The maximum absolute atomic E-state index is 5.20. The summed E-state index contributed by atoms with van der Waals surface area (Å²) in [5.41, 5.74) is 0. The lowest BCUT2D eigenvalue weighted by Gasteiger charge is -2.32. The molecule has 0 aromatic rings. The predicted octanol–water partition coefficient (Wildman–Crippen LogP) is 1.08. The highest BCUT2D eigenvalue weighted by molar-refractivity contribution is 4.90. The van der Waals surface area contributed by atoms with E-state index in [1.165, 1.54) is 25.7 Å². The number of nitrogens with zero attached hydrogens (tertiary/aromatic N) is 1. The Hall–Kier alpha value is -0.520. The zero-order valence-electron chi connectivity index (χ0n) is 8.71. The van der Waals surface area contributed by atoms with Crippen molar-refractivity contribution in [2.75, 3.05) is 20.6 Å². The topological polar surface area (TPSA) is 15.3 Å². The van der Waals surface area contributed by atoms with Crippen molar-refractivity contribution in [3.05, 3.63) is 0 Å². The fourth-order valence-electron chi connectivity index (χ4n) is 2.00. The minimum Gasteiger partial charge on any atom is -0.306 e. The van der Waals surface area contributed by atoms with Crippen LogP contribution in [0.25, 0.3) is 0 Å². The van der Waals surface area contributed by atoms with E-state index in [2.05, 4.69) is 30.2 Å². The van der Waals surface area contributed by atoms with E-state index >= 15 is 0 Å². The second-order valence-corrected chi connectivity index (χ2v) is 4.05. The molecule has 0 radical (unpaired) electrons. The Morgan fingerprint density at radius 2 is 1.92 bits per heavy atom. The first-order chi connectivity index (χ1) is 6.24. The van der Waals surface area contributed by atoms with Gasteiger partial charge in [-0.2, -0.15) is 0 Å². The lowest BCUT2D eigenvalue weighted by molar-refractivity contribution is 0.206. The maximum atomic E-state index is 5.20. The van der Waals surface area contributed by atoms with Crippen molar-refractivity contribution in [3.8, 4) is 12.3 Å². The van der Waals surface area contributed by atoms with Crippen molar-refractivity contribution in [1.29, 1.82) is 0 Å². The highest BCUT2D eigenvalue weighted by atomic mass is 15.1. The van der Waals surface area contributed by atoms with E-state index in [0.29, 0.717) is 6.04 Å². The zero-order chi connectivity index (χ0) is 9.68. The van der Waals surface area contributed by atoms with Crippen LogP contribution in [0.5, 0.6) is 0 Å². The third-order valence-electron chi connectivity index (χ3n) is 2.92. The molecule has 74 valence electrons. The van der Waals surface area contributed by atoms with Gasteiger partial charge in [-0.25, -0.2) is 0 Å². The molecular weight excluding hydrogens is 160 g/mol. The van der Waals surface area contributed by atoms with Crippen molar-refractivity contribution in [2.45, 2.75) is 37.8 Å². The molecular formula is C11H20N2. The standard InChI is InChI=1S/C11H20N2/c1-4-9-12-10-5-7-11(8-6-10)13(2)3/h1,10-12H,5-9H2,2-3H3. The Morgan fingerprint density at radius 1 is 1.31 bits per heavy atom. The van der Waals surface area contributed by atoms with E-state index < -0.39 is 0 Å². The number of hydrogen-bond acceptors (Lipinski definition) is 2. The second-order valence-electron chi connectivity index (χ2n) is 4.05. The van der Waals surface area contributed by atoms with Gasteiger partial charge in [-0.3, -0.25) is 0 Å². The highest BCUT2D eigenvalue weighted by Gasteiger charge is 2.21. The molecule has 0 atom stereocenters. The van der Waals surface area contributed by atoms with Gasteiger partial charge >= 0.3 is 0 Å². The molecule has 1 fully saturated rings. The summed E-state index contributed by atoms with van der Waals surface area (Å²) in [5, 5.41) is 3.38. The van der Waals surface area contributed by atoms with Crippen LogP contribution in [0.15, 0.2) is 0 Å². The molecule has 1 rings (SSSR count). The molecule has 2 heteroatoms. The van der Waals surface area contributed by atoms with Gasteiger partial charge in [0, 0.05) is 12.1 Å². The Labute approximate surface area is 81.7 Å². The average molecular weight is 180 g/mol. The van der Waals surface area contributed by atoms with Gasteiger partial charge in [-0.05, 0) is 39.8 Å². The van der Waals surface area contributed by atoms with Crippen molar-refractivity contribution < 1.29 is 0 Å². The number of hydrogen-bond donors (Lipinski definition) is 1. The van der Waals surface area contributed by atoms with E-state index in [1.807, 2.05) is 0 Å².